The van der Waals surface area contributed by atoms with Gasteiger partial charge in [0.1, 0.15) is 11.4 Å². The summed E-state index contributed by atoms with van der Waals surface area (Å²) >= 11 is 0. The molecular weight excluding hydrogens is 273 g/mol. The van der Waals surface area contributed by atoms with Crippen molar-refractivity contribution in [2.75, 3.05) is 38.3 Å². The summed E-state index contributed by atoms with van der Waals surface area (Å²) in [6.07, 6.45) is 3.32. The molecule has 1 aromatic carbocycles. The minimum absolute atomic E-state index is 0.0493. The normalized spacial score (nSPS) is 16.6. The molecule has 0 heterocycles. The SMILES string of the molecule is CN(CC1(N(C)C)CCC1)c1ccc(F)c(N)c1C(=O)O. The van der Waals surface area contributed by atoms with E-state index in [9.17, 15) is 14.3 Å². The van der Waals surface area contributed by atoms with Crippen LogP contribution in [0.5, 0.6) is 0 Å². The number of carboxylic acid groups (broad SMARTS) is 1. The maximum atomic E-state index is 13.5. The molecule has 0 aromatic heterocycles. The van der Waals surface area contributed by atoms with Crippen LogP contribution >= 0.6 is 0 Å². The van der Waals surface area contributed by atoms with Crippen molar-refractivity contribution < 1.29 is 14.3 Å². The van der Waals surface area contributed by atoms with E-state index >= 15 is 0 Å². The fourth-order valence-corrected chi connectivity index (χ4v) is 2.98. The first-order chi connectivity index (χ1) is 9.78. The summed E-state index contributed by atoms with van der Waals surface area (Å²) in [5.41, 5.74) is 5.63. The minimum atomic E-state index is -1.21. The van der Waals surface area contributed by atoms with Gasteiger partial charge in [0.2, 0.25) is 0 Å². The average molecular weight is 295 g/mol. The van der Waals surface area contributed by atoms with Crippen LogP contribution in [0, 0.1) is 5.82 Å². The van der Waals surface area contributed by atoms with Crippen LogP contribution in [0.25, 0.3) is 0 Å². The second-order valence-corrected chi connectivity index (χ2v) is 5.99. The van der Waals surface area contributed by atoms with Gasteiger partial charge in [-0.1, -0.05) is 0 Å². The third kappa shape index (κ3) is 2.68. The van der Waals surface area contributed by atoms with Gasteiger partial charge in [-0.15, -0.1) is 0 Å². The van der Waals surface area contributed by atoms with Crippen LogP contribution in [-0.2, 0) is 0 Å². The zero-order chi connectivity index (χ0) is 15.8. The van der Waals surface area contributed by atoms with Crippen molar-refractivity contribution in [2.24, 2.45) is 0 Å². The summed E-state index contributed by atoms with van der Waals surface area (Å²) in [4.78, 5) is 15.4. The minimum Gasteiger partial charge on any atom is -0.478 e. The van der Waals surface area contributed by atoms with Crippen LogP contribution in [0.4, 0.5) is 15.8 Å². The Hall–Kier alpha value is -1.82. The molecule has 1 saturated carbocycles. The quantitative estimate of drug-likeness (QED) is 0.813. The number of likely N-dealkylation sites (N-methyl/N-ethyl adjacent to an activating group) is 2. The average Bonchev–Trinajstić information content (AvgIpc) is 2.35. The van der Waals surface area contributed by atoms with E-state index in [-0.39, 0.29) is 16.8 Å². The predicted molar refractivity (Wildman–Crippen MR) is 81.3 cm³/mol. The van der Waals surface area contributed by atoms with Crippen molar-refractivity contribution in [3.63, 3.8) is 0 Å². The Morgan fingerprint density at radius 1 is 1.38 bits per heavy atom. The number of nitrogens with two attached hydrogens (primary N) is 1. The van der Waals surface area contributed by atoms with E-state index in [0.717, 1.165) is 12.8 Å². The van der Waals surface area contributed by atoms with Gasteiger partial charge in [0.15, 0.2) is 0 Å². The van der Waals surface area contributed by atoms with Crippen molar-refractivity contribution in [1.29, 1.82) is 0 Å². The molecule has 1 fully saturated rings. The number of nitrogen functional groups attached to an aromatic ring is 1. The lowest BCUT2D eigenvalue weighted by Crippen LogP contribution is -2.56. The maximum Gasteiger partial charge on any atom is 0.340 e. The fourth-order valence-electron chi connectivity index (χ4n) is 2.98. The van der Waals surface area contributed by atoms with E-state index in [4.69, 9.17) is 5.73 Å². The van der Waals surface area contributed by atoms with Crippen LogP contribution in [0.1, 0.15) is 29.6 Å². The lowest BCUT2D eigenvalue weighted by Gasteiger charge is -2.49. The molecule has 0 amide bonds. The first kappa shape index (κ1) is 15.6. The van der Waals surface area contributed by atoms with Crippen molar-refractivity contribution in [3.8, 4) is 0 Å². The molecular formula is C15H22FN3O2. The Bertz CT molecular complexity index is 556. The number of carbonyl (C=O) groups is 1. The highest BCUT2D eigenvalue weighted by atomic mass is 19.1. The van der Waals surface area contributed by atoms with Gasteiger partial charge in [-0.25, -0.2) is 9.18 Å². The van der Waals surface area contributed by atoms with Crippen LogP contribution in [0.3, 0.4) is 0 Å². The highest BCUT2D eigenvalue weighted by Crippen LogP contribution is 2.38. The number of anilines is 2. The smallest absolute Gasteiger partial charge is 0.340 e. The molecule has 0 atom stereocenters. The summed E-state index contributed by atoms with van der Waals surface area (Å²) < 4.78 is 13.5. The number of rotatable bonds is 5. The second-order valence-electron chi connectivity index (χ2n) is 5.99. The first-order valence-corrected chi connectivity index (χ1v) is 6.98. The number of hydrogen-bond acceptors (Lipinski definition) is 4. The van der Waals surface area contributed by atoms with Crippen molar-refractivity contribution >= 4 is 17.3 Å². The number of carboxylic acids is 1. The third-order valence-corrected chi connectivity index (χ3v) is 4.56. The Balaban J connectivity index is 2.33. The monoisotopic (exact) mass is 295 g/mol. The summed E-state index contributed by atoms with van der Waals surface area (Å²) in [5.74, 6) is -1.91. The third-order valence-electron chi connectivity index (χ3n) is 4.56. The topological polar surface area (TPSA) is 69.8 Å². The zero-order valence-electron chi connectivity index (χ0n) is 12.7. The van der Waals surface area contributed by atoms with E-state index in [0.29, 0.717) is 12.2 Å². The molecule has 0 unspecified atom stereocenters. The van der Waals surface area contributed by atoms with E-state index in [1.165, 1.54) is 18.6 Å². The molecule has 1 aliphatic rings. The summed E-state index contributed by atoms with van der Waals surface area (Å²) in [7, 11) is 5.89. The molecule has 21 heavy (non-hydrogen) atoms. The molecule has 5 nitrogen and oxygen atoms in total. The maximum absolute atomic E-state index is 13.5. The summed E-state index contributed by atoms with van der Waals surface area (Å²) in [5, 5.41) is 9.31. The summed E-state index contributed by atoms with van der Waals surface area (Å²) in [6.45, 7) is 0.686. The highest BCUT2D eigenvalue weighted by molar-refractivity contribution is 6.00. The van der Waals surface area contributed by atoms with Gasteiger partial charge in [-0.05, 0) is 45.5 Å². The molecule has 1 aromatic rings. The predicted octanol–water partition coefficient (Wildman–Crippen LogP) is 2.03. The number of hydrogen-bond donors (Lipinski definition) is 2. The molecule has 2 rings (SSSR count). The van der Waals surface area contributed by atoms with E-state index in [2.05, 4.69) is 4.90 Å². The van der Waals surface area contributed by atoms with Crippen molar-refractivity contribution in [3.05, 3.63) is 23.5 Å². The molecule has 0 aliphatic heterocycles. The number of aromatic carboxylic acids is 1. The van der Waals surface area contributed by atoms with Crippen LogP contribution in [-0.4, -0.2) is 49.2 Å². The molecule has 0 bridgehead atoms. The fraction of sp³-hybridized carbons (Fsp3) is 0.533. The van der Waals surface area contributed by atoms with Gasteiger partial charge in [0, 0.05) is 19.1 Å². The Morgan fingerprint density at radius 2 is 2.00 bits per heavy atom. The number of benzene rings is 1. The molecule has 1 aliphatic carbocycles. The van der Waals surface area contributed by atoms with E-state index in [1.807, 2.05) is 26.0 Å². The molecule has 116 valence electrons. The second kappa shape index (κ2) is 5.52. The standard InChI is InChI=1S/C15H22FN3O2/c1-18(2)15(7-4-8-15)9-19(3)11-6-5-10(16)13(17)12(11)14(20)21/h5-6H,4,7-9,17H2,1-3H3,(H,20,21). The molecule has 0 spiro atoms. The first-order valence-electron chi connectivity index (χ1n) is 6.98. The van der Waals surface area contributed by atoms with Gasteiger partial charge in [-0.2, -0.15) is 0 Å². The molecule has 3 N–H and O–H groups in total. The lowest BCUT2D eigenvalue weighted by atomic mass is 9.75. The highest BCUT2D eigenvalue weighted by Gasteiger charge is 2.40. The van der Waals surface area contributed by atoms with E-state index in [1.54, 1.807) is 0 Å². The molecule has 0 saturated heterocycles. The van der Waals surface area contributed by atoms with Gasteiger partial charge >= 0.3 is 5.97 Å². The van der Waals surface area contributed by atoms with Crippen molar-refractivity contribution in [1.82, 2.24) is 4.90 Å². The molecule has 6 heteroatoms. The Kier molecular flexibility index (Phi) is 4.09. The van der Waals surface area contributed by atoms with Gasteiger partial charge < -0.3 is 20.6 Å². The van der Waals surface area contributed by atoms with Crippen molar-refractivity contribution in [2.45, 2.75) is 24.8 Å². The van der Waals surface area contributed by atoms with Gasteiger partial charge in [0.05, 0.1) is 11.4 Å². The van der Waals surface area contributed by atoms with Gasteiger partial charge in [-0.3, -0.25) is 0 Å². The van der Waals surface area contributed by atoms with E-state index < -0.39 is 11.8 Å². The number of halogens is 1. The Morgan fingerprint density at radius 3 is 2.43 bits per heavy atom. The van der Waals surface area contributed by atoms with Crippen LogP contribution < -0.4 is 10.6 Å². The zero-order valence-corrected chi connectivity index (χ0v) is 12.7. The lowest BCUT2D eigenvalue weighted by molar-refractivity contribution is 0.0671. The van der Waals surface area contributed by atoms with Crippen LogP contribution in [0.2, 0.25) is 0 Å². The van der Waals surface area contributed by atoms with Gasteiger partial charge in [0.25, 0.3) is 0 Å². The summed E-state index contributed by atoms with van der Waals surface area (Å²) in [6, 6.07) is 2.70. The molecule has 0 radical (unpaired) electrons. The Labute approximate surface area is 124 Å². The van der Waals surface area contributed by atoms with Crippen LogP contribution in [0.15, 0.2) is 12.1 Å². The largest absolute Gasteiger partial charge is 0.478 e. The number of nitrogens with zero attached hydrogens (tertiary/aromatic N) is 2.